The van der Waals surface area contributed by atoms with Crippen LogP contribution in [0.3, 0.4) is 0 Å². The summed E-state index contributed by atoms with van der Waals surface area (Å²) in [5.41, 5.74) is 11.5. The molecular weight excluding hydrogens is 278 g/mol. The average molecular weight is 295 g/mol. The van der Waals surface area contributed by atoms with Gasteiger partial charge in [-0.2, -0.15) is 0 Å². The zero-order chi connectivity index (χ0) is 16.0. The smallest absolute Gasteiger partial charge is 0.323 e. The summed E-state index contributed by atoms with van der Waals surface area (Å²) in [6.07, 6.45) is 0.104. The molecule has 0 spiro atoms. The molecule has 0 bridgehead atoms. The summed E-state index contributed by atoms with van der Waals surface area (Å²) in [6.45, 7) is -1.26. The van der Waals surface area contributed by atoms with Gasteiger partial charge < -0.3 is 21.7 Å². The number of carboxylic acids is 1. The fourth-order valence-electron chi connectivity index (χ4n) is 1.71. The van der Waals surface area contributed by atoms with Gasteiger partial charge in [-0.25, -0.2) is 0 Å². The van der Waals surface area contributed by atoms with E-state index in [9.17, 15) is 14.4 Å². The molecule has 1 aromatic carbocycles. The Balaban J connectivity index is 2.79. The molecule has 0 radical (unpaired) electrons. The van der Waals surface area contributed by atoms with Crippen molar-refractivity contribution in [2.24, 2.45) is 11.5 Å². The second-order valence-corrected chi connectivity index (χ2v) is 4.39. The van der Waals surface area contributed by atoms with E-state index in [2.05, 4.69) is 0 Å². The predicted molar refractivity (Wildman–Crippen MR) is 73.2 cm³/mol. The summed E-state index contributed by atoms with van der Waals surface area (Å²) in [5.74, 6) is -2.86. The number of hydrogen-bond donors (Lipinski definition) is 4. The topological polar surface area (TPSA) is 147 Å². The van der Waals surface area contributed by atoms with E-state index in [0.717, 1.165) is 0 Å². The van der Waals surface area contributed by atoms with E-state index in [1.807, 2.05) is 0 Å². The van der Waals surface area contributed by atoms with E-state index in [0.29, 0.717) is 10.5 Å². The van der Waals surface area contributed by atoms with E-state index >= 15 is 0 Å². The molecule has 21 heavy (non-hydrogen) atoms. The highest BCUT2D eigenvalue weighted by Crippen LogP contribution is 2.11. The number of rotatable bonds is 6. The van der Waals surface area contributed by atoms with Crippen LogP contribution in [0.2, 0.25) is 0 Å². The van der Waals surface area contributed by atoms with Gasteiger partial charge in [0.1, 0.15) is 12.3 Å². The van der Waals surface area contributed by atoms with Crippen molar-refractivity contribution in [2.75, 3.05) is 13.1 Å². The molecule has 0 fully saturated rings. The number of carbonyl (C=O) groups excluding carboxylic acids is 2. The zero-order valence-corrected chi connectivity index (χ0v) is 11.2. The highest BCUT2D eigenvalue weighted by Gasteiger charge is 2.27. The number of benzene rings is 1. The number of aromatic hydroxyl groups is 1. The van der Waals surface area contributed by atoms with E-state index in [1.165, 1.54) is 12.1 Å². The maximum absolute atomic E-state index is 12.1. The van der Waals surface area contributed by atoms with Crippen molar-refractivity contribution in [3.63, 3.8) is 0 Å². The molecule has 0 aromatic heterocycles. The molecular formula is C13H17N3O5. The van der Waals surface area contributed by atoms with Crippen molar-refractivity contribution in [3.8, 4) is 5.75 Å². The third kappa shape index (κ3) is 4.86. The predicted octanol–water partition coefficient (Wildman–Crippen LogP) is -1.34. The normalized spacial score (nSPS) is 11.7. The molecule has 0 saturated heterocycles. The zero-order valence-electron chi connectivity index (χ0n) is 11.2. The Bertz CT molecular complexity index is 529. The number of carbonyl (C=O) groups is 3. The molecule has 2 amide bonds. The Labute approximate surface area is 120 Å². The first kappa shape index (κ1) is 16.6. The maximum atomic E-state index is 12.1. The monoisotopic (exact) mass is 295 g/mol. The molecule has 0 aliphatic rings. The van der Waals surface area contributed by atoms with Gasteiger partial charge in [-0.3, -0.25) is 19.3 Å². The van der Waals surface area contributed by atoms with Crippen LogP contribution in [0.4, 0.5) is 0 Å². The van der Waals surface area contributed by atoms with Gasteiger partial charge in [0.15, 0.2) is 0 Å². The number of amides is 2. The number of hydrogen-bond acceptors (Lipinski definition) is 6. The number of carboxylic acid groups (broad SMARTS) is 1. The first-order valence-corrected chi connectivity index (χ1v) is 6.14. The van der Waals surface area contributed by atoms with Crippen LogP contribution in [0.5, 0.6) is 5.75 Å². The molecule has 1 atom stereocenters. The van der Waals surface area contributed by atoms with E-state index in [1.54, 1.807) is 12.1 Å². The Hall–Kier alpha value is -2.45. The molecule has 1 aromatic rings. The van der Waals surface area contributed by atoms with Gasteiger partial charge in [-0.15, -0.1) is 0 Å². The fraction of sp³-hybridized carbons (Fsp3) is 0.308. The van der Waals surface area contributed by atoms with Gasteiger partial charge in [0.25, 0.3) is 0 Å². The lowest BCUT2D eigenvalue weighted by Gasteiger charge is -2.22. The highest BCUT2D eigenvalue weighted by molar-refractivity contribution is 6.00. The largest absolute Gasteiger partial charge is 0.508 e. The van der Waals surface area contributed by atoms with E-state index < -0.39 is 36.9 Å². The van der Waals surface area contributed by atoms with Crippen LogP contribution in [-0.2, 0) is 20.8 Å². The Kier molecular flexibility index (Phi) is 5.82. The third-order valence-corrected chi connectivity index (χ3v) is 2.74. The first-order valence-electron chi connectivity index (χ1n) is 6.14. The molecule has 0 heterocycles. The number of aliphatic carboxylic acids is 1. The molecule has 1 rings (SSSR count). The molecule has 8 heteroatoms. The fourth-order valence-corrected chi connectivity index (χ4v) is 1.71. The van der Waals surface area contributed by atoms with Crippen LogP contribution < -0.4 is 11.5 Å². The molecule has 0 saturated carbocycles. The number of phenolic OH excluding ortho intramolecular Hbond substituents is 1. The lowest BCUT2D eigenvalue weighted by Crippen LogP contribution is -2.51. The second kappa shape index (κ2) is 7.36. The Morgan fingerprint density at radius 1 is 1.19 bits per heavy atom. The van der Waals surface area contributed by atoms with Crippen molar-refractivity contribution in [1.82, 2.24) is 4.90 Å². The second-order valence-electron chi connectivity index (χ2n) is 4.39. The SMILES string of the molecule is NCC(=O)N(CC(=O)O)C(=O)C(N)Cc1ccc(O)cc1. The van der Waals surface area contributed by atoms with Crippen LogP contribution >= 0.6 is 0 Å². The van der Waals surface area contributed by atoms with Gasteiger partial charge in [0.05, 0.1) is 12.6 Å². The van der Waals surface area contributed by atoms with Crippen molar-refractivity contribution in [2.45, 2.75) is 12.5 Å². The average Bonchev–Trinajstić information content (AvgIpc) is 2.45. The van der Waals surface area contributed by atoms with Gasteiger partial charge >= 0.3 is 5.97 Å². The van der Waals surface area contributed by atoms with E-state index in [4.69, 9.17) is 21.7 Å². The maximum Gasteiger partial charge on any atom is 0.323 e. The molecule has 8 nitrogen and oxygen atoms in total. The molecule has 0 aliphatic heterocycles. The molecule has 0 aliphatic carbocycles. The van der Waals surface area contributed by atoms with Crippen LogP contribution in [0.15, 0.2) is 24.3 Å². The van der Waals surface area contributed by atoms with Crippen molar-refractivity contribution >= 4 is 17.8 Å². The van der Waals surface area contributed by atoms with E-state index in [-0.39, 0.29) is 12.2 Å². The van der Waals surface area contributed by atoms with Gasteiger partial charge in [-0.1, -0.05) is 12.1 Å². The minimum absolute atomic E-state index is 0.0736. The van der Waals surface area contributed by atoms with Gasteiger partial charge in [-0.05, 0) is 24.1 Å². The molecule has 114 valence electrons. The summed E-state index contributed by atoms with van der Waals surface area (Å²) < 4.78 is 0. The number of phenols is 1. The van der Waals surface area contributed by atoms with Gasteiger partial charge in [0, 0.05) is 0 Å². The van der Waals surface area contributed by atoms with Crippen LogP contribution in [0, 0.1) is 0 Å². The summed E-state index contributed by atoms with van der Waals surface area (Å²) in [4.78, 5) is 34.8. The number of nitrogens with two attached hydrogens (primary N) is 2. The quantitative estimate of drug-likeness (QED) is 0.507. The summed E-state index contributed by atoms with van der Waals surface area (Å²) in [6, 6.07) is 4.95. The van der Waals surface area contributed by atoms with Gasteiger partial charge in [0.2, 0.25) is 11.8 Å². The van der Waals surface area contributed by atoms with Crippen molar-refractivity contribution < 1.29 is 24.6 Å². The molecule has 1 unspecified atom stereocenters. The van der Waals surface area contributed by atoms with Crippen molar-refractivity contribution in [1.29, 1.82) is 0 Å². The van der Waals surface area contributed by atoms with Crippen LogP contribution in [0.1, 0.15) is 5.56 Å². The standard InChI is InChI=1S/C13H17N3O5/c14-6-11(18)16(7-12(19)20)13(21)10(15)5-8-1-3-9(17)4-2-8/h1-4,10,17H,5-7,14-15H2,(H,19,20). The summed E-state index contributed by atoms with van der Waals surface area (Å²) in [7, 11) is 0. The lowest BCUT2D eigenvalue weighted by atomic mass is 10.1. The molecule has 6 N–H and O–H groups in total. The first-order chi connectivity index (χ1) is 9.85. The minimum atomic E-state index is -1.33. The Morgan fingerprint density at radius 2 is 1.76 bits per heavy atom. The minimum Gasteiger partial charge on any atom is -0.508 e. The Morgan fingerprint density at radius 3 is 2.24 bits per heavy atom. The number of imide groups is 1. The number of nitrogens with zero attached hydrogens (tertiary/aromatic N) is 1. The van der Waals surface area contributed by atoms with Crippen LogP contribution in [0.25, 0.3) is 0 Å². The van der Waals surface area contributed by atoms with Crippen LogP contribution in [-0.4, -0.2) is 52.0 Å². The third-order valence-electron chi connectivity index (χ3n) is 2.74. The van der Waals surface area contributed by atoms with Crippen molar-refractivity contribution in [3.05, 3.63) is 29.8 Å². The summed E-state index contributed by atoms with van der Waals surface area (Å²) in [5, 5.41) is 17.9. The lowest BCUT2D eigenvalue weighted by molar-refractivity contribution is -0.152. The highest BCUT2D eigenvalue weighted by atomic mass is 16.4. The summed E-state index contributed by atoms with van der Waals surface area (Å²) >= 11 is 0.